The van der Waals surface area contributed by atoms with Crippen molar-refractivity contribution in [3.8, 4) is 5.75 Å². The zero-order valence-corrected chi connectivity index (χ0v) is 9.14. The number of carbonyl (C=O) groups is 2. The number of carboxylic acids is 1. The lowest BCUT2D eigenvalue weighted by Crippen LogP contribution is -2.17. The highest BCUT2D eigenvalue weighted by Crippen LogP contribution is 2.25. The Bertz CT molecular complexity index is 533. The molecule has 0 radical (unpaired) electrons. The van der Waals surface area contributed by atoms with Gasteiger partial charge in [0.1, 0.15) is 11.5 Å². The Morgan fingerprint density at radius 3 is 2.37 bits per heavy atom. The summed E-state index contributed by atoms with van der Waals surface area (Å²) in [4.78, 5) is 21.0. The Labute approximate surface area is 104 Å². The number of aliphatic carboxylic acids is 1. The van der Waals surface area contributed by atoms with E-state index in [0.717, 1.165) is 18.2 Å². The average Bonchev–Trinajstić information content (AvgIpc) is 2.26. The Morgan fingerprint density at radius 2 is 1.84 bits per heavy atom. The van der Waals surface area contributed by atoms with Gasteiger partial charge in [-0.25, -0.2) is 4.79 Å². The molecule has 0 amide bonds. The zero-order chi connectivity index (χ0) is 14.6. The van der Waals surface area contributed by atoms with Gasteiger partial charge in [-0.1, -0.05) is 12.1 Å². The van der Waals surface area contributed by atoms with Crippen molar-refractivity contribution in [3.05, 3.63) is 35.9 Å². The van der Waals surface area contributed by atoms with Crippen molar-refractivity contribution in [1.29, 1.82) is 0 Å². The number of carboxylic acid groups (broad SMARTS) is 1. The van der Waals surface area contributed by atoms with E-state index in [9.17, 15) is 27.9 Å². The maximum atomic E-state index is 12.0. The van der Waals surface area contributed by atoms with Crippen LogP contribution in [0.4, 0.5) is 13.2 Å². The SMILES string of the molecule is O=C(O)C(=O)/C=C(\O)c1cccc(OC(F)(F)F)c1. The molecule has 0 fully saturated rings. The molecular weight excluding hydrogens is 269 g/mol. The Hall–Kier alpha value is -2.51. The predicted molar refractivity (Wildman–Crippen MR) is 56.4 cm³/mol. The second-order valence-corrected chi connectivity index (χ2v) is 3.27. The van der Waals surface area contributed by atoms with Crippen molar-refractivity contribution in [2.24, 2.45) is 0 Å². The number of hydrogen-bond acceptors (Lipinski definition) is 4. The van der Waals surface area contributed by atoms with E-state index >= 15 is 0 Å². The highest BCUT2D eigenvalue weighted by atomic mass is 19.4. The fourth-order valence-corrected chi connectivity index (χ4v) is 1.12. The molecule has 1 aromatic rings. The van der Waals surface area contributed by atoms with Crippen molar-refractivity contribution >= 4 is 17.5 Å². The third-order valence-electron chi connectivity index (χ3n) is 1.84. The van der Waals surface area contributed by atoms with Gasteiger partial charge in [0.25, 0.3) is 5.78 Å². The van der Waals surface area contributed by atoms with E-state index in [-0.39, 0.29) is 5.56 Å². The Kier molecular flexibility index (Phi) is 4.15. The summed E-state index contributed by atoms with van der Waals surface area (Å²) in [5.41, 5.74) is -0.184. The van der Waals surface area contributed by atoms with E-state index in [1.54, 1.807) is 0 Å². The maximum Gasteiger partial charge on any atom is 0.573 e. The minimum Gasteiger partial charge on any atom is -0.507 e. The molecule has 2 N–H and O–H groups in total. The number of aliphatic hydroxyl groups excluding tert-OH is 1. The molecule has 0 saturated carbocycles. The van der Waals surface area contributed by atoms with Gasteiger partial charge in [0.15, 0.2) is 0 Å². The standard InChI is InChI=1S/C11H7F3O5/c12-11(13,14)19-7-3-1-2-6(4-7)8(15)5-9(16)10(17)18/h1-5,15H,(H,17,18)/b8-5-. The lowest BCUT2D eigenvalue weighted by molar-refractivity contribution is -0.274. The minimum atomic E-state index is -4.89. The molecule has 0 atom stereocenters. The quantitative estimate of drug-likeness (QED) is 0.500. The Morgan fingerprint density at radius 1 is 1.21 bits per heavy atom. The molecule has 0 aliphatic carbocycles. The molecule has 8 heteroatoms. The number of benzene rings is 1. The van der Waals surface area contributed by atoms with E-state index in [2.05, 4.69) is 4.74 Å². The second-order valence-electron chi connectivity index (χ2n) is 3.27. The van der Waals surface area contributed by atoms with Gasteiger partial charge in [-0.2, -0.15) is 0 Å². The van der Waals surface area contributed by atoms with Gasteiger partial charge in [-0.3, -0.25) is 4.79 Å². The van der Waals surface area contributed by atoms with Crippen molar-refractivity contribution in [1.82, 2.24) is 0 Å². The first-order valence-electron chi connectivity index (χ1n) is 4.73. The molecule has 0 bridgehead atoms. The molecule has 1 aromatic carbocycles. The summed E-state index contributed by atoms with van der Waals surface area (Å²) in [7, 11) is 0. The molecule has 19 heavy (non-hydrogen) atoms. The zero-order valence-electron chi connectivity index (χ0n) is 9.14. The monoisotopic (exact) mass is 276 g/mol. The molecule has 0 heterocycles. The van der Waals surface area contributed by atoms with Gasteiger partial charge in [0.05, 0.1) is 0 Å². The molecule has 0 saturated heterocycles. The number of ether oxygens (including phenoxy) is 1. The van der Waals surface area contributed by atoms with Crippen LogP contribution in [0.1, 0.15) is 5.56 Å². The summed E-state index contributed by atoms with van der Waals surface area (Å²) in [5.74, 6) is -4.58. The number of ketones is 1. The molecule has 0 aliphatic heterocycles. The van der Waals surface area contributed by atoms with E-state index in [4.69, 9.17) is 5.11 Å². The predicted octanol–water partition coefficient (Wildman–Crippen LogP) is 2.14. The first kappa shape index (κ1) is 14.6. The van der Waals surface area contributed by atoms with Crippen molar-refractivity contribution in [2.75, 3.05) is 0 Å². The van der Waals surface area contributed by atoms with Crippen LogP contribution in [-0.2, 0) is 9.59 Å². The Balaban J connectivity index is 2.99. The third-order valence-corrected chi connectivity index (χ3v) is 1.84. The number of hydrogen-bond donors (Lipinski definition) is 2. The van der Waals surface area contributed by atoms with Crippen molar-refractivity contribution < 1.29 is 37.7 Å². The highest BCUT2D eigenvalue weighted by molar-refractivity contribution is 6.38. The summed E-state index contributed by atoms with van der Waals surface area (Å²) >= 11 is 0. The van der Waals surface area contributed by atoms with E-state index < -0.39 is 29.6 Å². The lowest BCUT2D eigenvalue weighted by Gasteiger charge is -2.09. The van der Waals surface area contributed by atoms with Crippen LogP contribution >= 0.6 is 0 Å². The van der Waals surface area contributed by atoms with Gasteiger partial charge in [-0.05, 0) is 12.1 Å². The van der Waals surface area contributed by atoms with Crippen LogP contribution in [0.3, 0.4) is 0 Å². The van der Waals surface area contributed by atoms with Crippen molar-refractivity contribution in [2.45, 2.75) is 6.36 Å². The van der Waals surface area contributed by atoms with Crippen LogP contribution in [0.2, 0.25) is 0 Å². The molecule has 0 spiro atoms. The van der Waals surface area contributed by atoms with Crippen LogP contribution in [0, 0.1) is 0 Å². The van der Waals surface area contributed by atoms with E-state index in [0.29, 0.717) is 6.08 Å². The van der Waals surface area contributed by atoms with Crippen molar-refractivity contribution in [3.63, 3.8) is 0 Å². The highest BCUT2D eigenvalue weighted by Gasteiger charge is 2.31. The summed E-state index contributed by atoms with van der Waals surface area (Å²) < 4.78 is 39.5. The molecule has 0 aromatic heterocycles. The summed E-state index contributed by atoms with van der Waals surface area (Å²) in [5, 5.41) is 17.7. The van der Waals surface area contributed by atoms with Crippen LogP contribution in [0.5, 0.6) is 5.75 Å². The smallest absolute Gasteiger partial charge is 0.507 e. The molecule has 0 aliphatic rings. The van der Waals surface area contributed by atoms with E-state index in [1.807, 2.05) is 0 Å². The van der Waals surface area contributed by atoms with Crippen LogP contribution in [-0.4, -0.2) is 28.3 Å². The lowest BCUT2D eigenvalue weighted by atomic mass is 10.1. The van der Waals surface area contributed by atoms with E-state index in [1.165, 1.54) is 6.07 Å². The molecule has 1 rings (SSSR count). The number of halogens is 3. The molecule has 5 nitrogen and oxygen atoms in total. The maximum absolute atomic E-state index is 12.0. The van der Waals surface area contributed by atoms with Crippen LogP contribution in [0.15, 0.2) is 30.3 Å². The van der Waals surface area contributed by atoms with Gasteiger partial charge in [0.2, 0.25) is 0 Å². The summed E-state index contributed by atoms with van der Waals surface area (Å²) in [6.07, 6.45) is -4.51. The van der Waals surface area contributed by atoms with Gasteiger partial charge >= 0.3 is 12.3 Å². The third kappa shape index (κ3) is 4.70. The van der Waals surface area contributed by atoms with Gasteiger partial charge in [-0.15, -0.1) is 13.2 Å². The number of aliphatic hydroxyl groups is 1. The normalized spacial score (nSPS) is 12.1. The minimum absolute atomic E-state index is 0.184. The van der Waals surface area contributed by atoms with Crippen LogP contribution < -0.4 is 4.74 Å². The summed E-state index contributed by atoms with van der Waals surface area (Å²) in [6.45, 7) is 0. The largest absolute Gasteiger partial charge is 0.573 e. The average molecular weight is 276 g/mol. The topological polar surface area (TPSA) is 83.8 Å². The number of carbonyl (C=O) groups excluding carboxylic acids is 1. The molecule has 102 valence electrons. The van der Waals surface area contributed by atoms with Gasteiger partial charge in [0, 0.05) is 11.6 Å². The summed E-state index contributed by atoms with van der Waals surface area (Å²) in [6, 6.07) is 4.13. The first-order chi connectivity index (χ1) is 8.69. The fraction of sp³-hybridized carbons (Fsp3) is 0.0909. The first-order valence-corrected chi connectivity index (χ1v) is 4.73. The fourth-order valence-electron chi connectivity index (χ4n) is 1.12. The molecular formula is C11H7F3O5. The van der Waals surface area contributed by atoms with Gasteiger partial charge < -0.3 is 14.9 Å². The number of alkyl halides is 3. The second kappa shape index (κ2) is 5.42. The number of rotatable bonds is 4. The van der Waals surface area contributed by atoms with Crippen LogP contribution in [0.25, 0.3) is 5.76 Å². The molecule has 0 unspecified atom stereocenters.